The number of hydrogen-bond donors (Lipinski definition) is 1. The molecule has 0 bridgehead atoms. The molecule has 0 fully saturated rings. The number of rotatable bonds is 5. The lowest BCUT2D eigenvalue weighted by Gasteiger charge is -2.04. The molecule has 102 valence electrons. The monoisotopic (exact) mass is 284 g/mol. The summed E-state index contributed by atoms with van der Waals surface area (Å²) in [7, 11) is 1.68. The van der Waals surface area contributed by atoms with Crippen molar-refractivity contribution in [3.8, 4) is 5.75 Å². The standard InChI is InChI=1S/C16H16N2OS/c1-19-13-8-6-12(7-9-13)10-17-11-16-18-14-4-2-3-5-15(14)20-16/h2-9,17H,10-11H2,1H3. The van der Waals surface area contributed by atoms with Gasteiger partial charge in [0, 0.05) is 13.1 Å². The normalized spacial score (nSPS) is 10.8. The van der Waals surface area contributed by atoms with Gasteiger partial charge in [0.05, 0.1) is 17.3 Å². The van der Waals surface area contributed by atoms with Gasteiger partial charge in [-0.3, -0.25) is 0 Å². The van der Waals surface area contributed by atoms with Crippen molar-refractivity contribution in [2.75, 3.05) is 7.11 Å². The Morgan fingerprint density at radius 1 is 1.05 bits per heavy atom. The zero-order valence-electron chi connectivity index (χ0n) is 11.3. The maximum atomic E-state index is 5.15. The Bertz CT molecular complexity index is 658. The second kappa shape index (κ2) is 6.03. The van der Waals surface area contributed by atoms with Crippen molar-refractivity contribution in [3.63, 3.8) is 0 Å². The number of aromatic nitrogens is 1. The van der Waals surface area contributed by atoms with Crippen LogP contribution in [0.4, 0.5) is 0 Å². The van der Waals surface area contributed by atoms with Crippen LogP contribution in [0.25, 0.3) is 10.2 Å². The van der Waals surface area contributed by atoms with E-state index >= 15 is 0 Å². The summed E-state index contributed by atoms with van der Waals surface area (Å²) in [5.41, 5.74) is 2.32. The first-order chi connectivity index (χ1) is 9.85. The average Bonchev–Trinajstić information content (AvgIpc) is 2.90. The Morgan fingerprint density at radius 3 is 2.60 bits per heavy atom. The summed E-state index contributed by atoms with van der Waals surface area (Å²) in [6, 6.07) is 16.3. The minimum atomic E-state index is 0.797. The van der Waals surface area contributed by atoms with Crippen LogP contribution in [0.1, 0.15) is 10.6 Å². The van der Waals surface area contributed by atoms with Gasteiger partial charge in [0.15, 0.2) is 0 Å². The second-order valence-electron chi connectivity index (χ2n) is 4.53. The van der Waals surface area contributed by atoms with Gasteiger partial charge in [-0.15, -0.1) is 11.3 Å². The average molecular weight is 284 g/mol. The number of hydrogen-bond acceptors (Lipinski definition) is 4. The smallest absolute Gasteiger partial charge is 0.118 e. The first-order valence-electron chi connectivity index (χ1n) is 6.53. The fraction of sp³-hybridized carbons (Fsp3) is 0.188. The highest BCUT2D eigenvalue weighted by atomic mass is 32.1. The number of thiazole rings is 1. The molecule has 0 atom stereocenters. The zero-order chi connectivity index (χ0) is 13.8. The Balaban J connectivity index is 1.58. The van der Waals surface area contributed by atoms with E-state index in [1.807, 2.05) is 18.2 Å². The van der Waals surface area contributed by atoms with Crippen LogP contribution in [0.15, 0.2) is 48.5 Å². The van der Waals surface area contributed by atoms with E-state index in [1.165, 1.54) is 10.3 Å². The summed E-state index contributed by atoms with van der Waals surface area (Å²) < 4.78 is 6.39. The molecule has 0 amide bonds. The van der Waals surface area contributed by atoms with Crippen LogP contribution in [-0.4, -0.2) is 12.1 Å². The summed E-state index contributed by atoms with van der Waals surface area (Å²) in [6.45, 7) is 1.63. The van der Waals surface area contributed by atoms with Gasteiger partial charge in [-0.1, -0.05) is 24.3 Å². The van der Waals surface area contributed by atoms with Crippen molar-refractivity contribution < 1.29 is 4.74 Å². The van der Waals surface area contributed by atoms with Crippen molar-refractivity contribution in [2.24, 2.45) is 0 Å². The first-order valence-corrected chi connectivity index (χ1v) is 7.35. The van der Waals surface area contributed by atoms with Crippen LogP contribution in [0, 0.1) is 0 Å². The van der Waals surface area contributed by atoms with Gasteiger partial charge in [0.25, 0.3) is 0 Å². The van der Waals surface area contributed by atoms with E-state index in [-0.39, 0.29) is 0 Å². The van der Waals surface area contributed by atoms with Crippen LogP contribution in [-0.2, 0) is 13.1 Å². The van der Waals surface area contributed by atoms with Crippen molar-refractivity contribution in [3.05, 3.63) is 59.1 Å². The molecule has 0 saturated carbocycles. The molecule has 1 N–H and O–H groups in total. The van der Waals surface area contributed by atoms with Gasteiger partial charge in [-0.2, -0.15) is 0 Å². The SMILES string of the molecule is COc1ccc(CNCc2nc3ccccc3s2)cc1. The number of benzene rings is 2. The minimum absolute atomic E-state index is 0.797. The Labute approximate surface area is 122 Å². The highest BCUT2D eigenvalue weighted by molar-refractivity contribution is 7.18. The van der Waals surface area contributed by atoms with E-state index in [9.17, 15) is 0 Å². The molecule has 0 unspecified atom stereocenters. The summed E-state index contributed by atoms with van der Waals surface area (Å²) in [4.78, 5) is 4.61. The molecule has 1 heterocycles. The maximum absolute atomic E-state index is 5.15. The molecule has 0 aliphatic rings. The highest BCUT2D eigenvalue weighted by Crippen LogP contribution is 2.21. The van der Waals surface area contributed by atoms with E-state index < -0.39 is 0 Å². The first kappa shape index (κ1) is 13.1. The third-order valence-electron chi connectivity index (χ3n) is 3.10. The minimum Gasteiger partial charge on any atom is -0.497 e. The lowest BCUT2D eigenvalue weighted by molar-refractivity contribution is 0.414. The van der Waals surface area contributed by atoms with Crippen LogP contribution >= 0.6 is 11.3 Å². The van der Waals surface area contributed by atoms with Crippen molar-refractivity contribution in [1.29, 1.82) is 0 Å². The molecule has 2 aromatic carbocycles. The van der Waals surface area contributed by atoms with Gasteiger partial charge < -0.3 is 10.1 Å². The van der Waals surface area contributed by atoms with Gasteiger partial charge in [0.2, 0.25) is 0 Å². The number of nitrogens with zero attached hydrogens (tertiary/aromatic N) is 1. The molecule has 3 nitrogen and oxygen atoms in total. The van der Waals surface area contributed by atoms with E-state index in [1.54, 1.807) is 18.4 Å². The summed E-state index contributed by atoms with van der Waals surface area (Å²) in [6.07, 6.45) is 0. The van der Waals surface area contributed by atoms with Crippen molar-refractivity contribution >= 4 is 21.6 Å². The zero-order valence-corrected chi connectivity index (χ0v) is 12.1. The van der Waals surface area contributed by atoms with Crippen molar-refractivity contribution in [2.45, 2.75) is 13.1 Å². The number of ether oxygens (including phenoxy) is 1. The lowest BCUT2D eigenvalue weighted by Crippen LogP contribution is -2.12. The van der Waals surface area contributed by atoms with Crippen LogP contribution in [0.3, 0.4) is 0 Å². The molecular formula is C16H16N2OS. The predicted octanol–water partition coefficient (Wildman–Crippen LogP) is 3.59. The van der Waals surface area contributed by atoms with E-state index in [0.717, 1.165) is 29.4 Å². The van der Waals surface area contributed by atoms with Gasteiger partial charge >= 0.3 is 0 Å². The largest absolute Gasteiger partial charge is 0.497 e. The topological polar surface area (TPSA) is 34.1 Å². The Morgan fingerprint density at radius 2 is 1.85 bits per heavy atom. The van der Waals surface area contributed by atoms with Crippen LogP contribution < -0.4 is 10.1 Å². The molecule has 0 spiro atoms. The number of methoxy groups -OCH3 is 1. The third-order valence-corrected chi connectivity index (χ3v) is 4.14. The fourth-order valence-corrected chi connectivity index (χ4v) is 2.99. The highest BCUT2D eigenvalue weighted by Gasteiger charge is 2.02. The van der Waals surface area contributed by atoms with Gasteiger partial charge in [-0.05, 0) is 29.8 Å². The Hall–Kier alpha value is -1.91. The molecule has 0 aliphatic heterocycles. The predicted molar refractivity (Wildman–Crippen MR) is 83.2 cm³/mol. The van der Waals surface area contributed by atoms with Crippen LogP contribution in [0.5, 0.6) is 5.75 Å². The summed E-state index contributed by atoms with van der Waals surface area (Å²) in [5, 5.41) is 4.55. The van der Waals surface area contributed by atoms with Crippen molar-refractivity contribution in [1.82, 2.24) is 10.3 Å². The third kappa shape index (κ3) is 2.98. The Kier molecular flexibility index (Phi) is 3.95. The summed E-state index contributed by atoms with van der Waals surface area (Å²) >= 11 is 1.74. The van der Waals surface area contributed by atoms with Gasteiger partial charge in [-0.25, -0.2) is 4.98 Å². The number of para-hydroxylation sites is 1. The van der Waals surface area contributed by atoms with E-state index in [4.69, 9.17) is 4.74 Å². The van der Waals surface area contributed by atoms with Gasteiger partial charge in [0.1, 0.15) is 10.8 Å². The maximum Gasteiger partial charge on any atom is 0.118 e. The molecule has 0 radical (unpaired) electrons. The molecule has 1 aromatic heterocycles. The molecule has 4 heteroatoms. The summed E-state index contributed by atoms with van der Waals surface area (Å²) in [5.74, 6) is 0.889. The molecular weight excluding hydrogens is 268 g/mol. The lowest BCUT2D eigenvalue weighted by atomic mass is 10.2. The van der Waals surface area contributed by atoms with E-state index in [0.29, 0.717) is 0 Å². The molecule has 3 rings (SSSR count). The molecule has 3 aromatic rings. The fourth-order valence-electron chi connectivity index (χ4n) is 2.05. The van der Waals surface area contributed by atoms with Crippen LogP contribution in [0.2, 0.25) is 0 Å². The van der Waals surface area contributed by atoms with E-state index in [2.05, 4.69) is 40.6 Å². The molecule has 0 saturated heterocycles. The number of fused-ring (bicyclic) bond motifs is 1. The number of nitrogens with one attached hydrogen (secondary N) is 1. The molecule has 20 heavy (non-hydrogen) atoms. The molecule has 0 aliphatic carbocycles. The second-order valence-corrected chi connectivity index (χ2v) is 5.64. The quantitative estimate of drug-likeness (QED) is 0.777.